The first kappa shape index (κ1) is 20.9. The highest BCUT2D eigenvalue weighted by molar-refractivity contribution is 6.12. The van der Waals surface area contributed by atoms with Gasteiger partial charge in [-0.25, -0.2) is 4.79 Å². The molecule has 0 aliphatic carbocycles. The summed E-state index contributed by atoms with van der Waals surface area (Å²) < 4.78 is 33.2. The third-order valence-electron chi connectivity index (χ3n) is 5.71. The zero-order valence-corrected chi connectivity index (χ0v) is 18.6. The van der Waals surface area contributed by atoms with Crippen molar-refractivity contribution in [3.8, 4) is 39.9 Å². The Morgan fingerprint density at radius 2 is 1.58 bits per heavy atom. The monoisotopic (exact) mass is 450 g/mol. The van der Waals surface area contributed by atoms with Crippen molar-refractivity contribution in [1.82, 2.24) is 0 Å². The minimum Gasteiger partial charge on any atom is -0.493 e. The van der Waals surface area contributed by atoms with Gasteiger partial charge in [0.05, 0.1) is 25.7 Å². The molecular formula is C25H22O8. The van der Waals surface area contributed by atoms with Crippen molar-refractivity contribution in [1.29, 1.82) is 0 Å². The lowest BCUT2D eigenvalue weighted by atomic mass is 9.89. The number of cyclic esters (lactones) is 1. The maximum absolute atomic E-state index is 12.8. The fourth-order valence-electron chi connectivity index (χ4n) is 4.06. The average Bonchev–Trinajstić information content (AvgIpc) is 3.42. The molecule has 170 valence electrons. The number of hydrogen-bond acceptors (Lipinski definition) is 8. The molecule has 2 aliphatic rings. The van der Waals surface area contributed by atoms with Crippen LogP contribution in [0.4, 0.5) is 0 Å². The lowest BCUT2D eigenvalue weighted by molar-refractivity contribution is -0.137. The predicted octanol–water partition coefficient (Wildman–Crippen LogP) is 4.48. The molecule has 0 radical (unpaired) electrons. The van der Waals surface area contributed by atoms with Crippen molar-refractivity contribution < 1.29 is 38.0 Å². The summed E-state index contributed by atoms with van der Waals surface area (Å²) in [5.74, 6) is 1.07. The highest BCUT2D eigenvalue weighted by Gasteiger charge is 2.31. The van der Waals surface area contributed by atoms with Gasteiger partial charge in [0.2, 0.25) is 6.79 Å². The Hall–Kier alpha value is -3.94. The molecule has 3 aromatic carbocycles. The van der Waals surface area contributed by atoms with Gasteiger partial charge < -0.3 is 28.4 Å². The fraction of sp³-hybridized carbons (Fsp3) is 0.280. The van der Waals surface area contributed by atoms with Crippen molar-refractivity contribution in [2.45, 2.75) is 20.5 Å². The van der Waals surface area contributed by atoms with E-state index in [2.05, 4.69) is 0 Å². The van der Waals surface area contributed by atoms with Crippen molar-refractivity contribution in [3.63, 3.8) is 0 Å². The summed E-state index contributed by atoms with van der Waals surface area (Å²) in [6, 6.07) is 8.88. The highest BCUT2D eigenvalue weighted by atomic mass is 16.7. The van der Waals surface area contributed by atoms with Crippen LogP contribution in [0.3, 0.4) is 0 Å². The minimum atomic E-state index is -0.449. The zero-order valence-electron chi connectivity index (χ0n) is 18.6. The molecule has 0 aromatic heterocycles. The van der Waals surface area contributed by atoms with E-state index in [0.29, 0.717) is 45.1 Å². The normalized spacial score (nSPS) is 13.8. The molecule has 3 aromatic rings. The van der Waals surface area contributed by atoms with E-state index < -0.39 is 11.9 Å². The Labute approximate surface area is 189 Å². The molecule has 0 spiro atoms. The smallest absolute Gasteiger partial charge is 0.339 e. The first-order valence-electron chi connectivity index (χ1n) is 10.5. The summed E-state index contributed by atoms with van der Waals surface area (Å²) in [4.78, 5) is 25.3. The summed E-state index contributed by atoms with van der Waals surface area (Å²) in [5.41, 5.74) is 2.22. The SMILES string of the molecule is COc1cc2cc3c(c(-c4cc5c(cc4OC(=O)C(C)C)OCO5)c2cc1OC)C(=O)OC3. The molecule has 2 heterocycles. The summed E-state index contributed by atoms with van der Waals surface area (Å²) in [7, 11) is 3.10. The molecule has 0 atom stereocenters. The first-order chi connectivity index (χ1) is 15.9. The number of hydrogen-bond donors (Lipinski definition) is 0. The van der Waals surface area contributed by atoms with Crippen LogP contribution < -0.4 is 23.7 Å². The minimum absolute atomic E-state index is 0.0526. The predicted molar refractivity (Wildman–Crippen MR) is 118 cm³/mol. The van der Waals surface area contributed by atoms with Crippen molar-refractivity contribution in [2.24, 2.45) is 5.92 Å². The van der Waals surface area contributed by atoms with E-state index in [1.54, 1.807) is 46.3 Å². The van der Waals surface area contributed by atoms with Crippen LogP contribution in [0.1, 0.15) is 29.8 Å². The molecule has 0 N–H and O–H groups in total. The molecule has 8 heteroatoms. The number of carbonyl (C=O) groups excluding carboxylic acids is 2. The zero-order chi connectivity index (χ0) is 23.3. The van der Waals surface area contributed by atoms with Gasteiger partial charge in [0.25, 0.3) is 0 Å². The Morgan fingerprint density at radius 1 is 0.879 bits per heavy atom. The van der Waals surface area contributed by atoms with Crippen molar-refractivity contribution >= 4 is 22.7 Å². The Bertz CT molecular complexity index is 1310. The molecule has 0 saturated heterocycles. The number of rotatable bonds is 5. The average molecular weight is 450 g/mol. The van der Waals surface area contributed by atoms with Gasteiger partial charge in [-0.3, -0.25) is 4.79 Å². The van der Waals surface area contributed by atoms with Gasteiger partial charge in [-0.1, -0.05) is 13.8 Å². The number of carbonyl (C=O) groups is 2. The summed E-state index contributed by atoms with van der Waals surface area (Å²) >= 11 is 0. The van der Waals surface area contributed by atoms with Gasteiger partial charge in [-0.2, -0.15) is 0 Å². The van der Waals surface area contributed by atoms with Crippen LogP contribution in [0.2, 0.25) is 0 Å². The largest absolute Gasteiger partial charge is 0.493 e. The van der Waals surface area contributed by atoms with Gasteiger partial charge in [-0.15, -0.1) is 0 Å². The van der Waals surface area contributed by atoms with Crippen molar-refractivity contribution in [2.75, 3.05) is 21.0 Å². The van der Waals surface area contributed by atoms with Crippen molar-refractivity contribution in [3.05, 3.63) is 41.5 Å². The van der Waals surface area contributed by atoms with E-state index in [4.69, 9.17) is 28.4 Å². The third-order valence-corrected chi connectivity index (χ3v) is 5.71. The number of ether oxygens (including phenoxy) is 6. The van der Waals surface area contributed by atoms with Gasteiger partial charge in [0, 0.05) is 22.8 Å². The van der Waals surface area contributed by atoms with Crippen LogP contribution in [0, 0.1) is 5.92 Å². The standard InChI is InChI=1S/C25H22O8/c1-12(2)24(26)33-17-9-21-20(31-11-32-21)8-16(17)23-15-7-19(29-4)18(28-3)6-13(15)5-14-10-30-25(27)22(14)23/h5-9,12H,10-11H2,1-4H3. The maximum atomic E-state index is 12.8. The maximum Gasteiger partial charge on any atom is 0.339 e. The lowest BCUT2D eigenvalue weighted by Gasteiger charge is -2.18. The molecule has 2 aliphatic heterocycles. The van der Waals surface area contributed by atoms with E-state index in [9.17, 15) is 9.59 Å². The quantitative estimate of drug-likeness (QED) is 0.415. The van der Waals surface area contributed by atoms with Gasteiger partial charge >= 0.3 is 11.9 Å². The van der Waals surface area contributed by atoms with Crippen LogP contribution in [0.15, 0.2) is 30.3 Å². The molecule has 0 bridgehead atoms. The van der Waals surface area contributed by atoms with Crippen LogP contribution in [-0.4, -0.2) is 33.0 Å². The highest BCUT2D eigenvalue weighted by Crippen LogP contribution is 2.48. The van der Waals surface area contributed by atoms with Gasteiger partial charge in [-0.05, 0) is 35.0 Å². The van der Waals surface area contributed by atoms with E-state index in [0.717, 1.165) is 10.9 Å². The van der Waals surface area contributed by atoms with Crippen LogP contribution in [0.25, 0.3) is 21.9 Å². The molecule has 0 unspecified atom stereocenters. The molecule has 33 heavy (non-hydrogen) atoms. The van der Waals surface area contributed by atoms with Crippen LogP contribution in [0.5, 0.6) is 28.7 Å². The number of fused-ring (bicyclic) bond motifs is 3. The summed E-state index contributed by atoms with van der Waals surface area (Å²) in [5, 5.41) is 1.53. The second-order valence-corrected chi connectivity index (χ2v) is 8.07. The second kappa shape index (κ2) is 7.88. The van der Waals surface area contributed by atoms with Crippen LogP contribution in [-0.2, 0) is 16.1 Å². The summed E-state index contributed by atoms with van der Waals surface area (Å²) in [6.45, 7) is 3.70. The van der Waals surface area contributed by atoms with E-state index >= 15 is 0 Å². The van der Waals surface area contributed by atoms with E-state index in [1.807, 2.05) is 12.1 Å². The lowest BCUT2D eigenvalue weighted by Crippen LogP contribution is -2.15. The van der Waals surface area contributed by atoms with E-state index in [1.165, 1.54) is 0 Å². The second-order valence-electron chi connectivity index (χ2n) is 8.07. The Kier molecular flexibility index (Phi) is 5.00. The molecular weight excluding hydrogens is 428 g/mol. The molecule has 8 nitrogen and oxygen atoms in total. The Morgan fingerprint density at radius 3 is 2.27 bits per heavy atom. The topological polar surface area (TPSA) is 89.5 Å². The molecule has 0 saturated carbocycles. The number of esters is 2. The first-order valence-corrected chi connectivity index (χ1v) is 10.5. The number of methoxy groups -OCH3 is 2. The van der Waals surface area contributed by atoms with Gasteiger partial charge in [0.1, 0.15) is 12.4 Å². The van der Waals surface area contributed by atoms with Crippen LogP contribution >= 0.6 is 0 Å². The van der Waals surface area contributed by atoms with E-state index in [-0.39, 0.29) is 25.1 Å². The molecule has 5 rings (SSSR count). The summed E-state index contributed by atoms with van der Waals surface area (Å²) in [6.07, 6.45) is 0. The fourth-order valence-corrected chi connectivity index (χ4v) is 4.06. The molecule has 0 fully saturated rings. The Balaban J connectivity index is 1.85. The number of benzene rings is 3. The van der Waals surface area contributed by atoms with Gasteiger partial charge in [0.15, 0.2) is 23.0 Å². The molecule has 0 amide bonds. The third kappa shape index (κ3) is 3.38.